The molecular formula is C18H29FN4S. The minimum Gasteiger partial charge on any atom is -0.371 e. The molecule has 1 aliphatic heterocycles. The van der Waals surface area contributed by atoms with E-state index in [1.54, 1.807) is 12.1 Å². The number of anilines is 1. The molecular weight excluding hydrogens is 323 g/mol. The predicted octanol–water partition coefficient (Wildman–Crippen LogP) is 3.10. The van der Waals surface area contributed by atoms with Gasteiger partial charge < -0.3 is 15.5 Å². The first-order chi connectivity index (χ1) is 11.7. The summed E-state index contributed by atoms with van der Waals surface area (Å²) >= 11 is 1.86. The van der Waals surface area contributed by atoms with Crippen molar-refractivity contribution in [1.29, 1.82) is 0 Å². The van der Waals surface area contributed by atoms with E-state index in [9.17, 15) is 4.39 Å². The quantitative estimate of drug-likeness (QED) is 0.449. The molecule has 0 bridgehead atoms. The van der Waals surface area contributed by atoms with E-state index in [0.29, 0.717) is 6.04 Å². The topological polar surface area (TPSA) is 39.7 Å². The van der Waals surface area contributed by atoms with Crippen molar-refractivity contribution in [3.63, 3.8) is 0 Å². The Bertz CT molecular complexity index is 515. The van der Waals surface area contributed by atoms with Crippen molar-refractivity contribution in [2.75, 3.05) is 43.1 Å². The van der Waals surface area contributed by atoms with Crippen LogP contribution in [0.25, 0.3) is 0 Å². The maximum atomic E-state index is 13.4. The van der Waals surface area contributed by atoms with Crippen molar-refractivity contribution in [3.8, 4) is 0 Å². The maximum Gasteiger partial charge on any atom is 0.191 e. The van der Waals surface area contributed by atoms with E-state index >= 15 is 0 Å². The van der Waals surface area contributed by atoms with Crippen LogP contribution in [0.5, 0.6) is 0 Å². The molecule has 0 amide bonds. The van der Waals surface area contributed by atoms with Crippen LogP contribution in [0.15, 0.2) is 29.3 Å². The summed E-state index contributed by atoms with van der Waals surface area (Å²) in [6.07, 6.45) is 5.30. The van der Waals surface area contributed by atoms with Gasteiger partial charge in [0.1, 0.15) is 5.82 Å². The molecule has 0 saturated carbocycles. The van der Waals surface area contributed by atoms with Gasteiger partial charge in [-0.25, -0.2) is 4.39 Å². The second-order valence-electron chi connectivity index (χ2n) is 5.99. The fourth-order valence-corrected chi connectivity index (χ4v) is 3.29. The summed E-state index contributed by atoms with van der Waals surface area (Å²) in [4.78, 5) is 6.91. The maximum absolute atomic E-state index is 13.4. The van der Waals surface area contributed by atoms with E-state index in [0.717, 1.165) is 62.8 Å². The first-order valence-electron chi connectivity index (χ1n) is 8.77. The van der Waals surface area contributed by atoms with E-state index < -0.39 is 0 Å². The Morgan fingerprint density at radius 2 is 2.17 bits per heavy atom. The second-order valence-corrected chi connectivity index (χ2v) is 6.98. The smallest absolute Gasteiger partial charge is 0.191 e. The fourth-order valence-electron chi connectivity index (χ4n) is 2.87. The van der Waals surface area contributed by atoms with Crippen LogP contribution in [0, 0.1) is 5.82 Å². The summed E-state index contributed by atoms with van der Waals surface area (Å²) in [6.45, 7) is 5.69. The number of guanidine groups is 1. The summed E-state index contributed by atoms with van der Waals surface area (Å²) in [7, 11) is 0. The van der Waals surface area contributed by atoms with Crippen molar-refractivity contribution in [2.45, 2.75) is 32.2 Å². The van der Waals surface area contributed by atoms with Crippen molar-refractivity contribution >= 4 is 23.4 Å². The Morgan fingerprint density at radius 1 is 1.38 bits per heavy atom. The van der Waals surface area contributed by atoms with Gasteiger partial charge in [-0.15, -0.1) is 0 Å². The van der Waals surface area contributed by atoms with Crippen molar-refractivity contribution < 1.29 is 4.39 Å². The Labute approximate surface area is 149 Å². The molecule has 0 unspecified atom stereocenters. The molecule has 0 radical (unpaired) electrons. The Hall–Kier alpha value is -1.43. The molecule has 0 aromatic heterocycles. The third kappa shape index (κ3) is 6.23. The van der Waals surface area contributed by atoms with E-state index in [-0.39, 0.29) is 5.82 Å². The minimum atomic E-state index is -0.167. The summed E-state index contributed by atoms with van der Waals surface area (Å²) in [5, 5.41) is 6.87. The number of halogens is 1. The highest BCUT2D eigenvalue weighted by atomic mass is 32.2. The van der Waals surface area contributed by atoms with Crippen molar-refractivity contribution in [3.05, 3.63) is 30.1 Å². The molecule has 134 valence electrons. The van der Waals surface area contributed by atoms with Gasteiger partial charge in [-0.3, -0.25) is 4.99 Å². The van der Waals surface area contributed by atoms with Gasteiger partial charge in [0.2, 0.25) is 0 Å². The van der Waals surface area contributed by atoms with Crippen LogP contribution in [0.3, 0.4) is 0 Å². The summed E-state index contributed by atoms with van der Waals surface area (Å²) < 4.78 is 13.4. The van der Waals surface area contributed by atoms with E-state index in [1.165, 1.54) is 6.07 Å². The molecule has 2 N–H and O–H groups in total. The van der Waals surface area contributed by atoms with E-state index in [1.807, 2.05) is 17.8 Å². The molecule has 24 heavy (non-hydrogen) atoms. The number of piperidine rings is 1. The predicted molar refractivity (Wildman–Crippen MR) is 104 cm³/mol. The lowest BCUT2D eigenvalue weighted by atomic mass is 10.0. The average Bonchev–Trinajstić information content (AvgIpc) is 2.59. The normalized spacial score (nSPS) is 16.3. The van der Waals surface area contributed by atoms with Crippen LogP contribution in [0.2, 0.25) is 0 Å². The van der Waals surface area contributed by atoms with Crippen molar-refractivity contribution in [2.24, 2.45) is 4.99 Å². The number of aliphatic imine (C=N–C) groups is 1. The molecule has 1 heterocycles. The summed E-state index contributed by atoms with van der Waals surface area (Å²) in [5.41, 5.74) is 0.978. The number of nitrogens with one attached hydrogen (secondary N) is 2. The standard InChI is InChI=1S/C18H29FN4S/c1-3-20-18(21-10-5-13-24-2)22-16-8-11-23(12-9-16)17-7-4-6-15(19)14-17/h4,6-7,14,16H,3,5,8-13H2,1-2H3,(H2,20,21,22). The first kappa shape index (κ1) is 18.9. The molecule has 2 rings (SSSR count). The number of thioether (sulfide) groups is 1. The zero-order chi connectivity index (χ0) is 17.2. The number of nitrogens with zero attached hydrogens (tertiary/aromatic N) is 2. The van der Waals surface area contributed by atoms with Gasteiger partial charge in [0.15, 0.2) is 5.96 Å². The van der Waals surface area contributed by atoms with Crippen molar-refractivity contribution in [1.82, 2.24) is 10.6 Å². The lowest BCUT2D eigenvalue weighted by Crippen LogP contribution is -2.48. The fraction of sp³-hybridized carbons (Fsp3) is 0.611. The summed E-state index contributed by atoms with van der Waals surface area (Å²) in [5.74, 6) is 1.90. The van der Waals surface area contributed by atoms with Crippen LogP contribution in [-0.4, -0.2) is 50.2 Å². The Kier molecular flexibility index (Phi) is 8.22. The first-order valence-corrected chi connectivity index (χ1v) is 10.2. The number of hydrogen-bond donors (Lipinski definition) is 2. The lowest BCUT2D eigenvalue weighted by molar-refractivity contribution is 0.461. The van der Waals surface area contributed by atoms with Crippen LogP contribution < -0.4 is 15.5 Å². The highest BCUT2D eigenvalue weighted by molar-refractivity contribution is 7.98. The average molecular weight is 353 g/mol. The van der Waals surface area contributed by atoms with Crippen LogP contribution in [0.4, 0.5) is 10.1 Å². The van der Waals surface area contributed by atoms with Crippen LogP contribution in [0.1, 0.15) is 26.2 Å². The third-order valence-electron chi connectivity index (χ3n) is 4.13. The van der Waals surface area contributed by atoms with Gasteiger partial charge in [-0.1, -0.05) is 6.07 Å². The molecule has 6 heteroatoms. The van der Waals surface area contributed by atoms with Gasteiger partial charge in [-0.2, -0.15) is 11.8 Å². The number of hydrogen-bond acceptors (Lipinski definition) is 3. The van der Waals surface area contributed by atoms with E-state index in [4.69, 9.17) is 0 Å². The highest BCUT2D eigenvalue weighted by Gasteiger charge is 2.20. The van der Waals surface area contributed by atoms with E-state index in [2.05, 4.69) is 33.7 Å². The minimum absolute atomic E-state index is 0.167. The monoisotopic (exact) mass is 352 g/mol. The number of benzene rings is 1. The molecule has 1 aromatic rings. The zero-order valence-electron chi connectivity index (χ0n) is 14.7. The van der Waals surface area contributed by atoms with Gasteiger partial charge in [0, 0.05) is 37.9 Å². The molecule has 4 nitrogen and oxygen atoms in total. The third-order valence-corrected chi connectivity index (χ3v) is 4.83. The highest BCUT2D eigenvalue weighted by Crippen LogP contribution is 2.20. The number of rotatable bonds is 7. The molecule has 1 aliphatic rings. The molecule has 0 spiro atoms. The summed E-state index contributed by atoms with van der Waals surface area (Å²) in [6, 6.07) is 7.29. The molecule has 1 fully saturated rings. The van der Waals surface area contributed by atoms with Gasteiger partial charge in [0.25, 0.3) is 0 Å². The molecule has 1 aromatic carbocycles. The molecule has 0 atom stereocenters. The van der Waals surface area contributed by atoms with Crippen LogP contribution >= 0.6 is 11.8 Å². The van der Waals surface area contributed by atoms with Gasteiger partial charge >= 0.3 is 0 Å². The SMILES string of the molecule is CCNC(=NCCCSC)NC1CCN(c2cccc(F)c2)CC1. The van der Waals surface area contributed by atoms with Gasteiger partial charge in [0.05, 0.1) is 0 Å². The van der Waals surface area contributed by atoms with Crippen LogP contribution in [-0.2, 0) is 0 Å². The largest absolute Gasteiger partial charge is 0.371 e. The Morgan fingerprint density at radius 3 is 2.83 bits per heavy atom. The molecule has 1 saturated heterocycles. The second kappa shape index (κ2) is 10.4. The lowest BCUT2D eigenvalue weighted by Gasteiger charge is -2.34. The van der Waals surface area contributed by atoms with Gasteiger partial charge in [-0.05, 0) is 56.4 Å². The molecule has 0 aliphatic carbocycles. The zero-order valence-corrected chi connectivity index (χ0v) is 15.5. The Balaban J connectivity index is 1.81.